The van der Waals surface area contributed by atoms with E-state index in [1.165, 1.54) is 37.6 Å². The summed E-state index contributed by atoms with van der Waals surface area (Å²) in [6.45, 7) is 2.15. The summed E-state index contributed by atoms with van der Waals surface area (Å²) in [5.74, 6) is 0. The summed E-state index contributed by atoms with van der Waals surface area (Å²) < 4.78 is 2.18. The van der Waals surface area contributed by atoms with E-state index in [9.17, 15) is 0 Å². The minimum atomic E-state index is 1.26. The van der Waals surface area contributed by atoms with Crippen LogP contribution < -0.4 is 9.47 Å². The van der Waals surface area contributed by atoms with Crippen LogP contribution in [0.4, 0.5) is 5.69 Å². The van der Waals surface area contributed by atoms with Crippen LogP contribution in [0, 0.1) is 6.92 Å². The molecule has 2 aromatic carbocycles. The molecule has 0 unspecified atom stereocenters. The van der Waals surface area contributed by atoms with Crippen molar-refractivity contribution in [3.8, 4) is 0 Å². The second-order valence-electron chi connectivity index (χ2n) is 6.01. The number of aromatic nitrogens is 1. The Morgan fingerprint density at radius 3 is 2.74 bits per heavy atom. The Hall–Kier alpha value is -2.26. The van der Waals surface area contributed by atoms with Crippen molar-refractivity contribution in [2.75, 3.05) is 11.9 Å². The summed E-state index contributed by atoms with van der Waals surface area (Å²) in [5.41, 5.74) is 5.10. The number of pyridine rings is 1. The topological polar surface area (TPSA) is 7.12 Å². The molecule has 4 rings (SSSR count). The molecule has 1 aliphatic rings. The predicted octanol–water partition coefficient (Wildman–Crippen LogP) is 4.51. The highest BCUT2D eigenvalue weighted by molar-refractivity contribution is 8.03. The van der Waals surface area contributed by atoms with Gasteiger partial charge in [0.1, 0.15) is 7.05 Å². The maximum absolute atomic E-state index is 2.30. The van der Waals surface area contributed by atoms with Crippen LogP contribution in [0.25, 0.3) is 17.0 Å². The zero-order chi connectivity index (χ0) is 16.0. The Kier molecular flexibility index (Phi) is 3.38. The maximum atomic E-state index is 2.30. The Bertz CT molecular complexity index is 944. The first kappa shape index (κ1) is 14.3. The van der Waals surface area contributed by atoms with Crippen molar-refractivity contribution in [1.82, 2.24) is 0 Å². The van der Waals surface area contributed by atoms with Crippen molar-refractivity contribution in [2.45, 2.75) is 11.8 Å². The average molecular weight is 319 g/mol. The number of thioether (sulfide) groups is 1. The number of fused-ring (bicyclic) bond motifs is 2. The molecule has 0 fully saturated rings. The number of benzene rings is 2. The van der Waals surface area contributed by atoms with E-state index < -0.39 is 0 Å². The third kappa shape index (κ3) is 2.41. The first-order valence-electron chi connectivity index (χ1n) is 7.75. The molecule has 0 radical (unpaired) electrons. The van der Waals surface area contributed by atoms with Gasteiger partial charge in [-0.05, 0) is 36.8 Å². The number of anilines is 1. The summed E-state index contributed by atoms with van der Waals surface area (Å²) in [6, 6.07) is 17.4. The fourth-order valence-electron chi connectivity index (χ4n) is 3.06. The number of para-hydroxylation sites is 1. The van der Waals surface area contributed by atoms with Crippen molar-refractivity contribution in [1.29, 1.82) is 0 Å². The number of nitrogens with zero attached hydrogens (tertiary/aromatic N) is 2. The zero-order valence-electron chi connectivity index (χ0n) is 13.6. The smallest absolute Gasteiger partial charge is 0.212 e. The first-order valence-corrected chi connectivity index (χ1v) is 8.56. The molecule has 114 valence electrons. The van der Waals surface area contributed by atoms with Gasteiger partial charge < -0.3 is 4.90 Å². The molecule has 3 aromatic rings. The van der Waals surface area contributed by atoms with E-state index in [2.05, 4.69) is 91.3 Å². The second kappa shape index (κ2) is 5.43. The van der Waals surface area contributed by atoms with Crippen LogP contribution in [0.3, 0.4) is 0 Å². The van der Waals surface area contributed by atoms with Gasteiger partial charge in [-0.25, -0.2) is 4.57 Å². The molecule has 3 heteroatoms. The fraction of sp³-hybridized carbons (Fsp3) is 0.150. The van der Waals surface area contributed by atoms with Crippen molar-refractivity contribution in [2.24, 2.45) is 7.05 Å². The molecule has 0 saturated carbocycles. The largest absolute Gasteiger partial charge is 0.338 e. The summed E-state index contributed by atoms with van der Waals surface area (Å²) in [5, 5.41) is 2.57. The number of rotatable bonds is 1. The summed E-state index contributed by atoms with van der Waals surface area (Å²) in [7, 11) is 4.24. The highest BCUT2D eigenvalue weighted by Crippen LogP contribution is 2.45. The van der Waals surface area contributed by atoms with Gasteiger partial charge in [-0.2, -0.15) is 0 Å². The Balaban J connectivity index is 1.86. The van der Waals surface area contributed by atoms with E-state index in [-0.39, 0.29) is 0 Å². The van der Waals surface area contributed by atoms with Crippen LogP contribution in [-0.2, 0) is 7.05 Å². The molecular formula is C20H19N2S+. The molecule has 0 atom stereocenters. The van der Waals surface area contributed by atoms with Crippen molar-refractivity contribution < 1.29 is 4.57 Å². The molecular weight excluding hydrogens is 300 g/mol. The lowest BCUT2D eigenvalue weighted by Crippen LogP contribution is -2.28. The number of hydrogen-bond donors (Lipinski definition) is 0. The van der Waals surface area contributed by atoms with Crippen LogP contribution >= 0.6 is 11.8 Å². The maximum Gasteiger partial charge on any atom is 0.212 e. The van der Waals surface area contributed by atoms with Gasteiger partial charge in [-0.1, -0.05) is 35.5 Å². The van der Waals surface area contributed by atoms with Gasteiger partial charge in [0.25, 0.3) is 0 Å². The molecule has 0 amide bonds. The molecule has 0 aliphatic carbocycles. The number of aryl methyl sites for hydroxylation is 2. The molecule has 1 aromatic heterocycles. The average Bonchev–Trinajstić information content (AvgIpc) is 2.87. The van der Waals surface area contributed by atoms with Gasteiger partial charge in [0.05, 0.1) is 16.1 Å². The second-order valence-corrected chi connectivity index (χ2v) is 7.08. The minimum Gasteiger partial charge on any atom is -0.338 e. The summed E-state index contributed by atoms with van der Waals surface area (Å²) in [4.78, 5) is 3.59. The first-order chi connectivity index (χ1) is 11.1. The molecule has 0 bridgehead atoms. The fourth-order valence-corrected chi connectivity index (χ4v) is 4.16. The van der Waals surface area contributed by atoms with E-state index in [1.54, 1.807) is 0 Å². The molecule has 2 nitrogen and oxygen atoms in total. The van der Waals surface area contributed by atoms with Gasteiger partial charge in [-0.3, -0.25) is 0 Å². The van der Waals surface area contributed by atoms with Crippen LogP contribution in [0.15, 0.2) is 64.7 Å². The van der Waals surface area contributed by atoms with Crippen molar-refractivity contribution in [3.63, 3.8) is 0 Å². The van der Waals surface area contributed by atoms with Gasteiger partial charge in [0.15, 0.2) is 6.20 Å². The quantitative estimate of drug-likeness (QED) is 0.609. The summed E-state index contributed by atoms with van der Waals surface area (Å²) in [6.07, 6.45) is 4.43. The molecule has 2 heterocycles. The van der Waals surface area contributed by atoms with Crippen LogP contribution in [0.2, 0.25) is 0 Å². The van der Waals surface area contributed by atoms with Crippen molar-refractivity contribution >= 4 is 34.4 Å². The standard InChI is InChI=1S/C20H19N2S/c1-14-8-9-17-16(12-14)15(10-11-21(17)2)13-20-22(3)18-6-4-5-7-19(18)23-20/h4-13H,1-3H3/q+1. The van der Waals surface area contributed by atoms with Crippen LogP contribution in [0.5, 0.6) is 0 Å². The number of hydrogen-bond acceptors (Lipinski definition) is 2. The zero-order valence-corrected chi connectivity index (χ0v) is 14.4. The van der Waals surface area contributed by atoms with Gasteiger partial charge in [-0.15, -0.1) is 0 Å². The van der Waals surface area contributed by atoms with Gasteiger partial charge in [0, 0.05) is 24.1 Å². The highest BCUT2D eigenvalue weighted by atomic mass is 32.2. The Morgan fingerprint density at radius 1 is 1.09 bits per heavy atom. The van der Waals surface area contributed by atoms with E-state index in [0.717, 1.165) is 0 Å². The van der Waals surface area contributed by atoms with E-state index >= 15 is 0 Å². The van der Waals surface area contributed by atoms with E-state index in [1.807, 2.05) is 11.8 Å². The monoisotopic (exact) mass is 319 g/mol. The SMILES string of the molecule is Cc1ccc2c(c1)c(/C=C1\Sc3ccccc3N1C)cc[n+]2C. The third-order valence-corrected chi connectivity index (χ3v) is 5.54. The van der Waals surface area contributed by atoms with Crippen LogP contribution in [-0.4, -0.2) is 7.05 Å². The molecule has 0 N–H and O–H groups in total. The van der Waals surface area contributed by atoms with E-state index in [4.69, 9.17) is 0 Å². The van der Waals surface area contributed by atoms with Crippen molar-refractivity contribution in [3.05, 3.63) is 70.9 Å². The molecule has 0 saturated heterocycles. The molecule has 23 heavy (non-hydrogen) atoms. The lowest BCUT2D eigenvalue weighted by molar-refractivity contribution is -0.644. The highest BCUT2D eigenvalue weighted by Gasteiger charge is 2.21. The normalized spacial score (nSPS) is 15.4. The lowest BCUT2D eigenvalue weighted by atomic mass is 10.1. The summed E-state index contributed by atoms with van der Waals surface area (Å²) >= 11 is 1.84. The minimum absolute atomic E-state index is 1.26. The molecule has 0 spiro atoms. The molecule has 1 aliphatic heterocycles. The van der Waals surface area contributed by atoms with E-state index in [0.29, 0.717) is 0 Å². The van der Waals surface area contributed by atoms with Gasteiger partial charge >= 0.3 is 0 Å². The third-order valence-electron chi connectivity index (χ3n) is 4.37. The Morgan fingerprint density at radius 2 is 1.91 bits per heavy atom. The lowest BCUT2D eigenvalue weighted by Gasteiger charge is -2.13. The Labute approximate surface area is 141 Å². The predicted molar refractivity (Wildman–Crippen MR) is 98.5 cm³/mol. The van der Waals surface area contributed by atoms with Crippen LogP contribution in [0.1, 0.15) is 11.1 Å². The van der Waals surface area contributed by atoms with Gasteiger partial charge in [0.2, 0.25) is 5.52 Å².